The van der Waals surface area contributed by atoms with Gasteiger partial charge in [-0.2, -0.15) is 0 Å². The van der Waals surface area contributed by atoms with Crippen LogP contribution in [-0.2, 0) is 15.8 Å². The van der Waals surface area contributed by atoms with Crippen molar-refractivity contribution < 1.29 is 17.9 Å². The van der Waals surface area contributed by atoms with Gasteiger partial charge >= 0.3 is 6.03 Å². The molecule has 0 radical (unpaired) electrons. The number of benzene rings is 1. The molecule has 0 unspecified atom stereocenters. The highest BCUT2D eigenvalue weighted by molar-refractivity contribution is 7.89. The largest absolute Gasteiger partial charge is 0.491 e. The maximum absolute atomic E-state index is 12.2. The Morgan fingerprint density at radius 1 is 1.42 bits per heavy atom. The summed E-state index contributed by atoms with van der Waals surface area (Å²) in [5, 5.41) is 2.84. The van der Waals surface area contributed by atoms with Crippen LogP contribution in [-0.4, -0.2) is 50.9 Å². The molecule has 2 aliphatic rings. The number of hydrogen-bond acceptors (Lipinski definition) is 5. The number of amidine groups is 1. The number of ether oxygens (including phenoxy) is 1. The number of carbonyl (C=O) groups excluding carboxylic acids is 1. The van der Waals surface area contributed by atoms with E-state index in [1.54, 1.807) is 18.2 Å². The van der Waals surface area contributed by atoms with E-state index in [9.17, 15) is 13.2 Å². The van der Waals surface area contributed by atoms with Gasteiger partial charge in [-0.05, 0) is 37.8 Å². The van der Waals surface area contributed by atoms with E-state index >= 15 is 0 Å². The zero-order valence-electron chi connectivity index (χ0n) is 14.8. The molecule has 3 rings (SSSR count). The standard InChI is InChI=1S/C17H24N4O4S/c1-2-19-17(22)21-9-4-3-7-13(21)10-25-14-8-5-6-12-11-26(23,24)20-16(18)15(12)14/h5-6,8,13H,2-4,7,9-11H2,1H3,(H2,18,20)(H,19,22)/t13-/m1/s1. The van der Waals surface area contributed by atoms with Gasteiger partial charge in [-0.25, -0.2) is 13.2 Å². The number of sulfonamides is 1. The average Bonchev–Trinajstić information content (AvgIpc) is 2.59. The van der Waals surface area contributed by atoms with Gasteiger partial charge in [0.1, 0.15) is 18.2 Å². The summed E-state index contributed by atoms with van der Waals surface area (Å²) in [6, 6.07) is 5.09. The first-order valence-corrected chi connectivity index (χ1v) is 10.4. The number of piperidine rings is 1. The molecule has 8 nitrogen and oxygen atoms in total. The Bertz CT molecular complexity index is 822. The van der Waals surface area contributed by atoms with Gasteiger partial charge in [-0.1, -0.05) is 12.1 Å². The first kappa shape index (κ1) is 18.5. The molecule has 0 spiro atoms. The van der Waals surface area contributed by atoms with Crippen LogP contribution in [0.3, 0.4) is 0 Å². The lowest BCUT2D eigenvalue weighted by Gasteiger charge is -2.35. The van der Waals surface area contributed by atoms with Gasteiger partial charge in [-0.3, -0.25) is 0 Å². The van der Waals surface area contributed by atoms with Crippen LogP contribution in [0.5, 0.6) is 5.75 Å². The molecule has 0 bridgehead atoms. The minimum absolute atomic E-state index is 0.0309. The summed E-state index contributed by atoms with van der Waals surface area (Å²) in [5.74, 6) is 0.264. The zero-order chi connectivity index (χ0) is 18.7. The third-order valence-corrected chi connectivity index (χ3v) is 5.74. The van der Waals surface area contributed by atoms with Crippen molar-refractivity contribution in [2.75, 3.05) is 19.7 Å². The molecule has 2 heterocycles. The molecule has 0 saturated carbocycles. The quantitative estimate of drug-likeness (QED) is 0.815. The van der Waals surface area contributed by atoms with E-state index in [4.69, 9.17) is 10.5 Å². The van der Waals surface area contributed by atoms with E-state index in [2.05, 4.69) is 9.71 Å². The first-order valence-electron chi connectivity index (χ1n) is 8.79. The topological polar surface area (TPSA) is 114 Å². The molecular formula is C17H24N4O4S. The lowest BCUT2D eigenvalue weighted by atomic mass is 10.0. The normalized spacial score (nSPS) is 21.5. The summed E-state index contributed by atoms with van der Waals surface area (Å²) < 4.78 is 33.1. The van der Waals surface area contributed by atoms with Crippen molar-refractivity contribution in [3.8, 4) is 5.75 Å². The predicted octanol–water partition coefficient (Wildman–Crippen LogP) is 1.20. The minimum Gasteiger partial charge on any atom is -0.491 e. The number of rotatable bonds is 4. The Balaban J connectivity index is 1.77. The van der Waals surface area contributed by atoms with Gasteiger partial charge in [0.2, 0.25) is 0 Å². The molecule has 2 amide bonds. The van der Waals surface area contributed by atoms with Crippen LogP contribution in [0.4, 0.5) is 4.79 Å². The van der Waals surface area contributed by atoms with Crippen molar-refractivity contribution in [1.29, 1.82) is 0 Å². The van der Waals surface area contributed by atoms with Gasteiger partial charge in [0.15, 0.2) is 0 Å². The van der Waals surface area contributed by atoms with E-state index in [1.165, 1.54) is 0 Å². The van der Waals surface area contributed by atoms with Gasteiger partial charge in [-0.15, -0.1) is 4.40 Å². The summed E-state index contributed by atoms with van der Waals surface area (Å²) in [7, 11) is -3.58. The van der Waals surface area contributed by atoms with Crippen LogP contribution in [0.25, 0.3) is 0 Å². The van der Waals surface area contributed by atoms with Crippen molar-refractivity contribution >= 4 is 21.9 Å². The lowest BCUT2D eigenvalue weighted by molar-refractivity contribution is 0.116. The van der Waals surface area contributed by atoms with Crippen LogP contribution in [0.15, 0.2) is 22.6 Å². The molecular weight excluding hydrogens is 356 g/mol. The summed E-state index contributed by atoms with van der Waals surface area (Å²) in [4.78, 5) is 14.0. The van der Waals surface area contributed by atoms with Gasteiger partial charge < -0.3 is 20.7 Å². The van der Waals surface area contributed by atoms with Gasteiger partial charge in [0.05, 0.1) is 17.4 Å². The second-order valence-electron chi connectivity index (χ2n) is 6.48. The maximum Gasteiger partial charge on any atom is 0.317 e. The van der Waals surface area contributed by atoms with Crippen molar-refractivity contribution in [2.45, 2.75) is 38.0 Å². The van der Waals surface area contributed by atoms with Gasteiger partial charge in [0, 0.05) is 13.1 Å². The Morgan fingerprint density at radius 2 is 2.23 bits per heavy atom. The molecule has 1 saturated heterocycles. The Morgan fingerprint density at radius 3 is 3.00 bits per heavy atom. The van der Waals surface area contributed by atoms with Crippen molar-refractivity contribution in [3.05, 3.63) is 29.3 Å². The number of nitrogens with zero attached hydrogens (tertiary/aromatic N) is 2. The molecule has 1 aromatic rings. The fourth-order valence-corrected chi connectivity index (χ4v) is 4.50. The van der Waals surface area contributed by atoms with Crippen molar-refractivity contribution in [2.24, 2.45) is 10.1 Å². The molecule has 1 aromatic carbocycles. The molecule has 0 aromatic heterocycles. The number of urea groups is 1. The highest BCUT2D eigenvalue weighted by Gasteiger charge is 2.29. The molecule has 0 aliphatic carbocycles. The zero-order valence-corrected chi connectivity index (χ0v) is 15.6. The number of amides is 2. The summed E-state index contributed by atoms with van der Waals surface area (Å²) in [6.07, 6.45) is 2.88. The van der Waals surface area contributed by atoms with E-state index in [0.29, 0.717) is 36.6 Å². The molecule has 2 aliphatic heterocycles. The number of nitrogens with two attached hydrogens (primary N) is 1. The average molecular weight is 380 g/mol. The third-order valence-electron chi connectivity index (χ3n) is 4.59. The molecule has 142 valence electrons. The van der Waals surface area contributed by atoms with Crippen LogP contribution in [0, 0.1) is 0 Å². The molecule has 1 atom stereocenters. The van der Waals surface area contributed by atoms with E-state index in [0.717, 1.165) is 19.3 Å². The Labute approximate surface area is 153 Å². The van der Waals surface area contributed by atoms with Gasteiger partial charge in [0.25, 0.3) is 10.0 Å². The Hall–Kier alpha value is -2.29. The second-order valence-corrected chi connectivity index (χ2v) is 8.12. The number of carbonyl (C=O) groups is 1. The predicted molar refractivity (Wildman–Crippen MR) is 98.7 cm³/mol. The van der Waals surface area contributed by atoms with Crippen LogP contribution in [0.2, 0.25) is 0 Å². The summed E-state index contributed by atoms with van der Waals surface area (Å²) in [6.45, 7) is 3.50. The lowest BCUT2D eigenvalue weighted by Crippen LogP contribution is -2.50. The van der Waals surface area contributed by atoms with Crippen LogP contribution < -0.4 is 15.8 Å². The first-order chi connectivity index (χ1) is 12.4. The monoisotopic (exact) mass is 380 g/mol. The number of fused-ring (bicyclic) bond motifs is 1. The van der Waals surface area contributed by atoms with E-state index < -0.39 is 10.0 Å². The fraction of sp³-hybridized carbons (Fsp3) is 0.529. The smallest absolute Gasteiger partial charge is 0.317 e. The third kappa shape index (κ3) is 3.92. The minimum atomic E-state index is -3.58. The highest BCUT2D eigenvalue weighted by Crippen LogP contribution is 2.29. The van der Waals surface area contributed by atoms with E-state index in [-0.39, 0.29) is 23.7 Å². The van der Waals surface area contributed by atoms with E-state index in [1.807, 2.05) is 11.8 Å². The molecule has 9 heteroatoms. The summed E-state index contributed by atoms with van der Waals surface area (Å²) in [5.41, 5.74) is 6.98. The van der Waals surface area contributed by atoms with Crippen LogP contribution >= 0.6 is 0 Å². The highest BCUT2D eigenvalue weighted by atomic mass is 32.2. The van der Waals surface area contributed by atoms with Crippen molar-refractivity contribution in [1.82, 2.24) is 10.2 Å². The second kappa shape index (κ2) is 7.53. The molecule has 26 heavy (non-hydrogen) atoms. The molecule has 1 fully saturated rings. The number of likely N-dealkylation sites (tertiary alicyclic amines) is 1. The maximum atomic E-state index is 12.2. The summed E-state index contributed by atoms with van der Waals surface area (Å²) >= 11 is 0. The fourth-order valence-electron chi connectivity index (χ4n) is 3.41. The molecule has 3 N–H and O–H groups in total. The van der Waals surface area contributed by atoms with Crippen molar-refractivity contribution in [3.63, 3.8) is 0 Å². The Kier molecular flexibility index (Phi) is 5.36. The number of hydrogen-bond donors (Lipinski definition) is 2. The SMILES string of the molecule is CCNC(=O)N1CCCC[C@@H]1COc1cccc2c1C(N)=NS(=O)(=O)C2. The number of nitrogens with one attached hydrogen (secondary N) is 1. The van der Waals surface area contributed by atoms with Crippen LogP contribution in [0.1, 0.15) is 37.3 Å².